The highest BCUT2D eigenvalue weighted by Crippen LogP contribution is 2.45. The fourth-order valence-corrected chi connectivity index (χ4v) is 8.34. The summed E-state index contributed by atoms with van der Waals surface area (Å²) in [5.74, 6) is 3.60. The van der Waals surface area contributed by atoms with Gasteiger partial charge in [0.15, 0.2) is 0 Å². The second-order valence-corrected chi connectivity index (χ2v) is 14.8. The zero-order valence-electron chi connectivity index (χ0n) is 32.8. The van der Waals surface area contributed by atoms with Crippen LogP contribution in [0, 0.1) is 49.4 Å². The number of hydrogen-bond donors (Lipinski definition) is 0. The summed E-state index contributed by atoms with van der Waals surface area (Å²) in [4.78, 5) is 116. The summed E-state index contributed by atoms with van der Waals surface area (Å²) in [5, 5.41) is 0. The van der Waals surface area contributed by atoms with Crippen molar-refractivity contribution in [1.29, 1.82) is 0 Å². The van der Waals surface area contributed by atoms with Gasteiger partial charge in [0.1, 0.15) is 0 Å². The Balaban J connectivity index is 1.16. The molecule has 0 radical (unpaired) electrons. The highest BCUT2D eigenvalue weighted by atomic mass is 16.2. The first kappa shape index (κ1) is 38.3. The molecule has 0 atom stereocenters. The Morgan fingerprint density at radius 1 is 0.266 bits per heavy atom. The fraction of sp³-hybridized carbons (Fsp3) is 0. The minimum absolute atomic E-state index is 0.00992. The molecule has 12 heteroatoms. The summed E-state index contributed by atoms with van der Waals surface area (Å²) >= 11 is 0. The first-order chi connectivity index (χ1) is 30.9. The Kier molecular flexibility index (Phi) is 8.29. The molecule has 0 spiro atoms. The molecule has 4 heterocycles. The predicted octanol–water partition coefficient (Wildman–Crippen LogP) is 6.48. The second-order valence-electron chi connectivity index (χ2n) is 14.8. The number of hydrogen-bond acceptors (Lipinski definition) is 8. The van der Waals surface area contributed by atoms with Gasteiger partial charge in [0.25, 0.3) is 47.3 Å². The summed E-state index contributed by atoms with van der Waals surface area (Å²) in [6, 6.07) is 25.7. The minimum atomic E-state index is -0.797. The number of nitrogens with zero attached hydrogens (tertiary/aromatic N) is 4. The van der Waals surface area contributed by atoms with Gasteiger partial charge in [-0.2, -0.15) is 0 Å². The molecular weight excluding hydrogens is 809 g/mol. The van der Waals surface area contributed by atoms with Crippen LogP contribution in [0.2, 0.25) is 0 Å². The van der Waals surface area contributed by atoms with Crippen LogP contribution in [0.25, 0.3) is 11.1 Å². The van der Waals surface area contributed by atoms with E-state index in [0.717, 1.165) is 19.6 Å². The Hall–Kier alpha value is -9.88. The summed E-state index contributed by atoms with van der Waals surface area (Å²) in [6.45, 7) is 0. The molecule has 4 aliphatic heterocycles. The number of fused-ring (bicyclic) bond motifs is 4. The molecule has 6 aromatic rings. The van der Waals surface area contributed by atoms with E-state index in [-0.39, 0.29) is 78.4 Å². The molecule has 0 aromatic heterocycles. The molecular formula is C52H22N4O8. The maximum absolute atomic E-state index is 14.2. The highest BCUT2D eigenvalue weighted by Gasteiger charge is 2.45. The molecule has 8 amide bonds. The van der Waals surface area contributed by atoms with Crippen molar-refractivity contribution in [2.45, 2.75) is 0 Å². The topological polar surface area (TPSA) is 150 Å². The van der Waals surface area contributed by atoms with E-state index in [1.54, 1.807) is 0 Å². The van der Waals surface area contributed by atoms with Crippen LogP contribution in [0.3, 0.4) is 0 Å². The molecule has 12 nitrogen and oxygen atoms in total. The summed E-state index contributed by atoms with van der Waals surface area (Å²) in [5.41, 5.74) is 1.28. The van der Waals surface area contributed by atoms with Gasteiger partial charge in [0, 0.05) is 22.3 Å². The molecule has 6 aromatic carbocycles. The van der Waals surface area contributed by atoms with Crippen molar-refractivity contribution in [2.75, 3.05) is 19.6 Å². The smallest absolute Gasteiger partial charge is 0.266 e. The van der Waals surface area contributed by atoms with Crippen molar-refractivity contribution < 1.29 is 38.4 Å². The maximum Gasteiger partial charge on any atom is 0.266 e. The summed E-state index contributed by atoms with van der Waals surface area (Å²) in [6.07, 6.45) is 22.4. The van der Waals surface area contributed by atoms with Crippen LogP contribution in [0.4, 0.5) is 22.7 Å². The van der Waals surface area contributed by atoms with Crippen molar-refractivity contribution in [2.24, 2.45) is 0 Å². The van der Waals surface area contributed by atoms with E-state index in [2.05, 4.69) is 23.7 Å². The molecule has 0 fully saturated rings. The van der Waals surface area contributed by atoms with Crippen LogP contribution < -0.4 is 19.6 Å². The predicted molar refractivity (Wildman–Crippen MR) is 234 cm³/mol. The first-order valence-electron chi connectivity index (χ1n) is 19.1. The average molecular weight is 831 g/mol. The normalized spacial score (nSPS) is 14.6. The highest BCUT2D eigenvalue weighted by molar-refractivity contribution is 6.41. The van der Waals surface area contributed by atoms with Crippen molar-refractivity contribution in [1.82, 2.24) is 0 Å². The second kappa shape index (κ2) is 13.8. The van der Waals surface area contributed by atoms with E-state index in [1.165, 1.54) is 109 Å². The third kappa shape index (κ3) is 5.31. The molecule has 64 heavy (non-hydrogen) atoms. The molecule has 4 aliphatic rings. The number of benzene rings is 6. The van der Waals surface area contributed by atoms with Crippen LogP contribution in [0.5, 0.6) is 0 Å². The van der Waals surface area contributed by atoms with Gasteiger partial charge in [-0.1, -0.05) is 35.8 Å². The van der Waals surface area contributed by atoms with Crippen molar-refractivity contribution in [3.05, 3.63) is 176 Å². The Morgan fingerprint density at radius 2 is 0.500 bits per heavy atom. The Bertz CT molecular complexity index is 3300. The van der Waals surface area contributed by atoms with E-state index >= 15 is 0 Å². The summed E-state index contributed by atoms with van der Waals surface area (Å²) in [7, 11) is 0. The molecule has 0 saturated heterocycles. The lowest BCUT2D eigenvalue weighted by atomic mass is 10.0. The quantitative estimate of drug-likeness (QED) is 0.142. The van der Waals surface area contributed by atoms with Crippen LogP contribution in [-0.2, 0) is 0 Å². The lowest BCUT2D eigenvalue weighted by Gasteiger charge is -2.25. The molecule has 0 bridgehead atoms. The zero-order valence-corrected chi connectivity index (χ0v) is 32.8. The average Bonchev–Trinajstić information content (AvgIpc) is 3.92. The molecule has 298 valence electrons. The molecule has 0 N–H and O–H groups in total. The fourth-order valence-electron chi connectivity index (χ4n) is 8.34. The van der Waals surface area contributed by atoms with Gasteiger partial charge in [0.2, 0.25) is 0 Å². The monoisotopic (exact) mass is 830 g/mol. The van der Waals surface area contributed by atoms with E-state index in [4.69, 9.17) is 25.7 Å². The van der Waals surface area contributed by atoms with Gasteiger partial charge in [-0.25, -0.2) is 19.6 Å². The van der Waals surface area contributed by atoms with E-state index in [1.807, 2.05) is 0 Å². The van der Waals surface area contributed by atoms with Crippen LogP contribution >= 0.6 is 0 Å². The SMILES string of the molecule is C#Cc1ccc2c(c1)C(=O)N(c1ccc(-c3ccc(N4C(=O)c5ccc(C#C)cc5C4=O)c(N4C(=O)c5ccc(C#C)cc5C4=O)c3)cc1N1C(=O)c3ccc(C#C)cc3C1=O)C2=O. The molecule has 0 aliphatic carbocycles. The van der Waals surface area contributed by atoms with Gasteiger partial charge in [-0.3, -0.25) is 38.4 Å². The Morgan fingerprint density at radius 3 is 0.750 bits per heavy atom. The third-order valence-corrected chi connectivity index (χ3v) is 11.5. The largest absolute Gasteiger partial charge is 0.268 e. The van der Waals surface area contributed by atoms with E-state index in [0.29, 0.717) is 22.3 Å². The number of anilines is 4. The minimum Gasteiger partial charge on any atom is -0.268 e. The number of carbonyl (C=O) groups excluding carboxylic acids is 8. The number of amides is 8. The number of terminal acetylenes is 4. The van der Waals surface area contributed by atoms with E-state index < -0.39 is 47.3 Å². The maximum atomic E-state index is 14.2. The van der Waals surface area contributed by atoms with Gasteiger partial charge in [-0.05, 0) is 108 Å². The van der Waals surface area contributed by atoms with Crippen molar-refractivity contribution >= 4 is 70.0 Å². The van der Waals surface area contributed by atoms with Gasteiger partial charge in [-0.15, -0.1) is 25.7 Å². The molecule has 0 unspecified atom stereocenters. The van der Waals surface area contributed by atoms with Crippen LogP contribution in [0.1, 0.15) is 105 Å². The van der Waals surface area contributed by atoms with Gasteiger partial charge >= 0.3 is 0 Å². The van der Waals surface area contributed by atoms with Crippen LogP contribution in [-0.4, -0.2) is 47.3 Å². The first-order valence-corrected chi connectivity index (χ1v) is 19.1. The number of carbonyl (C=O) groups is 8. The standard InChI is InChI=1S/C52H22N4O8/c1-5-27-9-15-33-37(21-27)49(61)53(45(33)57)41-19-13-31(25-43(41)55-47(59)35-17-11-29(7-3)23-39(35)51(55)63)32-14-20-42(54-46(58)34-16-10-28(6-2)22-38(34)50(54)62)44(26-32)56-48(60)36-18-12-30(8-4)24-40(36)52(56)64/h1-4,9-26H. The lowest BCUT2D eigenvalue weighted by molar-refractivity contribution is 0.0904. The van der Waals surface area contributed by atoms with Crippen LogP contribution in [0.15, 0.2) is 109 Å². The van der Waals surface area contributed by atoms with Crippen molar-refractivity contribution in [3.63, 3.8) is 0 Å². The van der Waals surface area contributed by atoms with Crippen molar-refractivity contribution in [3.8, 4) is 60.5 Å². The third-order valence-electron chi connectivity index (χ3n) is 11.5. The lowest BCUT2D eigenvalue weighted by Crippen LogP contribution is -2.35. The number of rotatable bonds is 5. The van der Waals surface area contributed by atoms with Gasteiger partial charge in [0.05, 0.1) is 67.3 Å². The molecule has 10 rings (SSSR count). The molecule has 0 saturated carbocycles. The van der Waals surface area contributed by atoms with E-state index in [9.17, 15) is 38.4 Å². The Labute approximate surface area is 363 Å². The summed E-state index contributed by atoms with van der Waals surface area (Å²) < 4.78 is 0. The number of imide groups is 4. The zero-order chi connectivity index (χ0) is 44.9. The van der Waals surface area contributed by atoms with Gasteiger partial charge < -0.3 is 0 Å².